The van der Waals surface area contributed by atoms with Gasteiger partial charge < -0.3 is 15.3 Å². The Morgan fingerprint density at radius 2 is 1.96 bits per heavy atom. The number of carbonyl (C=O) groups is 3. The fraction of sp³-hybridized carbons (Fsp3) is 0.526. The Bertz CT molecular complexity index is 603. The minimum Gasteiger partial charge on any atom is -0.480 e. The zero-order valence-corrected chi connectivity index (χ0v) is 14.6. The number of benzene rings is 1. The van der Waals surface area contributed by atoms with Crippen LogP contribution in [0.3, 0.4) is 0 Å². The van der Waals surface area contributed by atoms with Crippen LogP contribution in [0.4, 0.5) is 0 Å². The molecule has 136 valence electrons. The third-order valence-electron chi connectivity index (χ3n) is 4.53. The molecule has 0 aliphatic carbocycles. The minimum absolute atomic E-state index is 0.180. The number of aryl methyl sites for hydroxylation is 1. The third kappa shape index (κ3) is 5.59. The molecule has 0 radical (unpaired) electrons. The van der Waals surface area contributed by atoms with Gasteiger partial charge in [0.15, 0.2) is 0 Å². The number of carboxylic acid groups (broad SMARTS) is 1. The van der Waals surface area contributed by atoms with Crippen LogP contribution >= 0.6 is 0 Å². The van der Waals surface area contributed by atoms with E-state index in [1.54, 1.807) is 6.92 Å². The van der Waals surface area contributed by atoms with E-state index in [-0.39, 0.29) is 11.8 Å². The van der Waals surface area contributed by atoms with Gasteiger partial charge in [0.05, 0.1) is 0 Å². The van der Waals surface area contributed by atoms with Crippen LogP contribution in [0, 0.1) is 0 Å². The van der Waals surface area contributed by atoms with Crippen LogP contribution in [0.25, 0.3) is 0 Å². The van der Waals surface area contributed by atoms with Crippen molar-refractivity contribution in [1.29, 1.82) is 0 Å². The number of hydrogen-bond donors (Lipinski definition) is 2. The van der Waals surface area contributed by atoms with Gasteiger partial charge in [-0.1, -0.05) is 30.3 Å². The van der Waals surface area contributed by atoms with Gasteiger partial charge in [-0.25, -0.2) is 4.79 Å². The summed E-state index contributed by atoms with van der Waals surface area (Å²) in [6, 6.07) is 8.44. The van der Waals surface area contributed by atoms with Crippen LogP contribution in [0.2, 0.25) is 0 Å². The molecule has 1 fully saturated rings. The molecule has 25 heavy (non-hydrogen) atoms. The molecule has 0 bridgehead atoms. The first kappa shape index (κ1) is 19.0. The lowest BCUT2D eigenvalue weighted by Crippen LogP contribution is -2.54. The highest BCUT2D eigenvalue weighted by molar-refractivity contribution is 5.90. The third-order valence-corrected chi connectivity index (χ3v) is 4.53. The number of nitrogens with zero attached hydrogens (tertiary/aromatic N) is 1. The molecule has 0 saturated carbocycles. The van der Waals surface area contributed by atoms with Crippen molar-refractivity contribution in [3.8, 4) is 0 Å². The van der Waals surface area contributed by atoms with E-state index in [0.29, 0.717) is 25.8 Å². The van der Waals surface area contributed by atoms with Crippen molar-refractivity contribution >= 4 is 17.8 Å². The van der Waals surface area contributed by atoms with Gasteiger partial charge in [0, 0.05) is 13.0 Å². The summed E-state index contributed by atoms with van der Waals surface area (Å²) in [7, 11) is 0. The van der Waals surface area contributed by atoms with E-state index in [1.165, 1.54) is 10.5 Å². The van der Waals surface area contributed by atoms with Crippen molar-refractivity contribution in [1.82, 2.24) is 10.2 Å². The standard InChI is InChI=1S/C19H26N2O4/c1-14(18(23)21-13-6-5-11-16(21)19(24)25)20-17(22)12-7-10-15-8-3-2-4-9-15/h2-4,8-9,14,16H,5-7,10-13H2,1H3,(H,20,22)(H,24,25)/t14-,16-/m0/s1. The maximum Gasteiger partial charge on any atom is 0.326 e. The summed E-state index contributed by atoms with van der Waals surface area (Å²) in [6.07, 6.45) is 3.93. The topological polar surface area (TPSA) is 86.7 Å². The number of nitrogens with one attached hydrogen (secondary N) is 1. The first-order valence-electron chi connectivity index (χ1n) is 8.85. The highest BCUT2D eigenvalue weighted by Crippen LogP contribution is 2.18. The van der Waals surface area contributed by atoms with Crippen molar-refractivity contribution in [2.24, 2.45) is 0 Å². The summed E-state index contributed by atoms with van der Waals surface area (Å²) in [5.41, 5.74) is 1.18. The van der Waals surface area contributed by atoms with Crippen molar-refractivity contribution < 1.29 is 19.5 Å². The van der Waals surface area contributed by atoms with Gasteiger partial charge in [-0.2, -0.15) is 0 Å². The molecule has 0 aromatic heterocycles. The van der Waals surface area contributed by atoms with E-state index in [4.69, 9.17) is 0 Å². The monoisotopic (exact) mass is 346 g/mol. The normalized spacial score (nSPS) is 18.4. The first-order valence-corrected chi connectivity index (χ1v) is 8.85. The number of carboxylic acids is 1. The lowest BCUT2D eigenvalue weighted by atomic mass is 10.0. The smallest absolute Gasteiger partial charge is 0.326 e. The van der Waals surface area contributed by atoms with E-state index < -0.39 is 18.1 Å². The maximum absolute atomic E-state index is 12.5. The van der Waals surface area contributed by atoms with Crippen LogP contribution in [-0.4, -0.2) is 46.4 Å². The van der Waals surface area contributed by atoms with Gasteiger partial charge in [-0.15, -0.1) is 0 Å². The first-order chi connectivity index (χ1) is 12.0. The summed E-state index contributed by atoms with van der Waals surface area (Å²) < 4.78 is 0. The molecule has 1 aliphatic heterocycles. The average Bonchev–Trinajstić information content (AvgIpc) is 2.61. The van der Waals surface area contributed by atoms with Crippen LogP contribution in [0.5, 0.6) is 0 Å². The lowest BCUT2D eigenvalue weighted by Gasteiger charge is -2.34. The Morgan fingerprint density at radius 3 is 2.64 bits per heavy atom. The van der Waals surface area contributed by atoms with Gasteiger partial charge in [-0.3, -0.25) is 9.59 Å². The Morgan fingerprint density at radius 1 is 1.24 bits per heavy atom. The quantitative estimate of drug-likeness (QED) is 0.790. The molecule has 6 heteroatoms. The second kappa shape index (κ2) is 9.20. The molecular formula is C19H26N2O4. The fourth-order valence-corrected chi connectivity index (χ4v) is 3.17. The highest BCUT2D eigenvalue weighted by Gasteiger charge is 2.34. The Balaban J connectivity index is 1.79. The van der Waals surface area contributed by atoms with Crippen LogP contribution < -0.4 is 5.32 Å². The van der Waals surface area contributed by atoms with E-state index in [1.807, 2.05) is 30.3 Å². The zero-order valence-electron chi connectivity index (χ0n) is 14.6. The molecule has 0 spiro atoms. The molecule has 2 rings (SSSR count). The number of carbonyl (C=O) groups excluding carboxylic acids is 2. The predicted molar refractivity (Wildman–Crippen MR) is 94.0 cm³/mol. The van der Waals surface area contributed by atoms with Crippen molar-refractivity contribution in [2.45, 2.75) is 57.5 Å². The van der Waals surface area contributed by atoms with Crippen molar-refractivity contribution in [3.05, 3.63) is 35.9 Å². The molecule has 1 saturated heterocycles. The van der Waals surface area contributed by atoms with Gasteiger partial charge in [0.1, 0.15) is 12.1 Å². The van der Waals surface area contributed by atoms with Gasteiger partial charge in [0.2, 0.25) is 11.8 Å². The summed E-state index contributed by atoms with van der Waals surface area (Å²) in [6.45, 7) is 2.05. The summed E-state index contributed by atoms with van der Waals surface area (Å²) in [5.74, 6) is -1.47. The number of aliphatic carboxylic acids is 1. The molecule has 6 nitrogen and oxygen atoms in total. The highest BCUT2D eigenvalue weighted by atomic mass is 16.4. The molecule has 1 heterocycles. The lowest BCUT2D eigenvalue weighted by molar-refractivity contribution is -0.153. The summed E-state index contributed by atoms with van der Waals surface area (Å²) in [5, 5.41) is 12.0. The van der Waals surface area contributed by atoms with E-state index in [0.717, 1.165) is 19.3 Å². The average molecular weight is 346 g/mol. The van der Waals surface area contributed by atoms with Gasteiger partial charge >= 0.3 is 5.97 Å². The molecule has 0 unspecified atom stereocenters. The Labute approximate surface area is 148 Å². The second-order valence-electron chi connectivity index (χ2n) is 6.51. The largest absolute Gasteiger partial charge is 0.480 e. The van der Waals surface area contributed by atoms with E-state index in [2.05, 4.69) is 5.32 Å². The number of likely N-dealkylation sites (tertiary alicyclic amines) is 1. The number of rotatable bonds is 7. The van der Waals surface area contributed by atoms with Crippen LogP contribution in [0.1, 0.15) is 44.6 Å². The molecule has 2 atom stereocenters. The Kier molecular flexibility index (Phi) is 6.98. The molecule has 1 aromatic rings. The SMILES string of the molecule is C[C@H](NC(=O)CCCc1ccccc1)C(=O)N1CCCC[C@H]1C(=O)O. The zero-order chi connectivity index (χ0) is 18.2. The molecular weight excluding hydrogens is 320 g/mol. The van der Waals surface area contributed by atoms with Crippen molar-refractivity contribution in [3.63, 3.8) is 0 Å². The van der Waals surface area contributed by atoms with Gasteiger partial charge in [0.25, 0.3) is 0 Å². The number of hydrogen-bond acceptors (Lipinski definition) is 3. The Hall–Kier alpha value is -2.37. The number of amides is 2. The second-order valence-corrected chi connectivity index (χ2v) is 6.51. The molecule has 2 amide bonds. The van der Waals surface area contributed by atoms with Crippen LogP contribution in [0.15, 0.2) is 30.3 Å². The number of piperidine rings is 1. The maximum atomic E-state index is 12.5. The summed E-state index contributed by atoms with van der Waals surface area (Å²) in [4.78, 5) is 37.2. The van der Waals surface area contributed by atoms with Crippen molar-refractivity contribution in [2.75, 3.05) is 6.54 Å². The molecule has 1 aromatic carbocycles. The predicted octanol–water partition coefficient (Wildman–Crippen LogP) is 1.98. The van der Waals surface area contributed by atoms with Gasteiger partial charge in [-0.05, 0) is 44.6 Å². The fourth-order valence-electron chi connectivity index (χ4n) is 3.17. The van der Waals surface area contributed by atoms with E-state index in [9.17, 15) is 19.5 Å². The minimum atomic E-state index is -0.977. The molecule has 2 N–H and O–H groups in total. The summed E-state index contributed by atoms with van der Waals surface area (Å²) >= 11 is 0. The molecule has 1 aliphatic rings. The van der Waals surface area contributed by atoms with E-state index >= 15 is 0 Å². The van der Waals surface area contributed by atoms with Crippen LogP contribution in [-0.2, 0) is 20.8 Å².